The van der Waals surface area contributed by atoms with Crippen LogP contribution in [0.25, 0.3) is 16.6 Å². The maximum absolute atomic E-state index is 11.7. The molecular weight excluding hydrogens is 460 g/mol. The molecule has 11 nitrogen and oxygen atoms in total. The van der Waals surface area contributed by atoms with Crippen LogP contribution in [0.1, 0.15) is 5.56 Å². The van der Waals surface area contributed by atoms with Crippen LogP contribution >= 0.6 is 0 Å². The fourth-order valence-electron chi connectivity index (χ4n) is 4.41. The lowest BCUT2D eigenvalue weighted by molar-refractivity contribution is -0.125. The molecule has 2 aliphatic rings. The van der Waals surface area contributed by atoms with Crippen LogP contribution in [0.2, 0.25) is 0 Å². The zero-order valence-corrected chi connectivity index (χ0v) is 19.6. The number of nitrogens with one attached hydrogen (secondary N) is 1. The number of hydrogen-bond donors (Lipinski definition) is 1. The van der Waals surface area contributed by atoms with E-state index in [1.54, 1.807) is 21.8 Å². The molecule has 5 rings (SSSR count). The standard InChI is InChI=1S/C25H24N8O3/c1-2-24(35)32-7-5-31(6-8-32)22-4-3-18(13-27-22)21-11-20(15-33-25(21)19(12-26)14-29-33)36-10-9-30-16-23(34)28-17-30/h1,3-4,11,13-15H,5-10,16-17H2,(H,28,34). The Labute approximate surface area is 207 Å². The summed E-state index contributed by atoms with van der Waals surface area (Å²) >= 11 is 0. The van der Waals surface area contributed by atoms with Gasteiger partial charge in [0.2, 0.25) is 5.91 Å². The van der Waals surface area contributed by atoms with E-state index in [1.807, 2.05) is 23.1 Å². The summed E-state index contributed by atoms with van der Waals surface area (Å²) in [5.74, 6) is 3.29. The van der Waals surface area contributed by atoms with Crippen molar-refractivity contribution in [2.24, 2.45) is 0 Å². The van der Waals surface area contributed by atoms with Gasteiger partial charge in [0.05, 0.1) is 36.7 Å². The first kappa shape index (κ1) is 23.1. The lowest BCUT2D eigenvalue weighted by Crippen LogP contribution is -2.48. The van der Waals surface area contributed by atoms with Gasteiger partial charge < -0.3 is 19.9 Å². The van der Waals surface area contributed by atoms with Gasteiger partial charge in [-0.25, -0.2) is 9.50 Å². The minimum atomic E-state index is -0.288. The maximum Gasteiger partial charge on any atom is 0.298 e. The third-order valence-electron chi connectivity index (χ3n) is 6.32. The third kappa shape index (κ3) is 4.65. The lowest BCUT2D eigenvalue weighted by Gasteiger charge is -2.34. The molecule has 0 aromatic carbocycles. The van der Waals surface area contributed by atoms with Crippen molar-refractivity contribution < 1.29 is 14.3 Å². The quantitative estimate of drug-likeness (QED) is 0.497. The summed E-state index contributed by atoms with van der Waals surface area (Å²) in [4.78, 5) is 33.5. The Bertz CT molecular complexity index is 1380. The number of hydrogen-bond acceptors (Lipinski definition) is 8. The predicted octanol–water partition coefficient (Wildman–Crippen LogP) is 0.318. The van der Waals surface area contributed by atoms with Gasteiger partial charge >= 0.3 is 0 Å². The van der Waals surface area contributed by atoms with Crippen molar-refractivity contribution in [3.63, 3.8) is 0 Å². The zero-order valence-electron chi connectivity index (χ0n) is 19.6. The van der Waals surface area contributed by atoms with E-state index in [1.165, 1.54) is 6.20 Å². The summed E-state index contributed by atoms with van der Waals surface area (Å²) in [5, 5.41) is 16.7. The van der Waals surface area contributed by atoms with Crippen LogP contribution in [0.4, 0.5) is 5.82 Å². The first-order chi connectivity index (χ1) is 17.6. The number of terminal acetylenes is 1. The highest BCUT2D eigenvalue weighted by Gasteiger charge is 2.21. The fourth-order valence-corrected chi connectivity index (χ4v) is 4.41. The number of amides is 2. The smallest absolute Gasteiger partial charge is 0.298 e. The maximum atomic E-state index is 11.7. The van der Waals surface area contributed by atoms with Gasteiger partial charge in [-0.05, 0) is 24.1 Å². The first-order valence-corrected chi connectivity index (χ1v) is 11.6. The number of nitriles is 1. The Kier molecular flexibility index (Phi) is 6.39. The number of ether oxygens (including phenoxy) is 1. The molecule has 3 aromatic rings. The number of anilines is 1. The van der Waals surface area contributed by atoms with Crippen LogP contribution in [0, 0.1) is 23.7 Å². The van der Waals surface area contributed by atoms with Crippen molar-refractivity contribution in [2.75, 3.05) is 57.4 Å². The van der Waals surface area contributed by atoms with Crippen LogP contribution in [0.3, 0.4) is 0 Å². The van der Waals surface area contributed by atoms with Crippen molar-refractivity contribution in [1.29, 1.82) is 5.26 Å². The number of piperazine rings is 1. The van der Waals surface area contributed by atoms with Crippen LogP contribution < -0.4 is 15.0 Å². The molecule has 2 fully saturated rings. The number of fused-ring (bicyclic) bond motifs is 1. The molecule has 5 heterocycles. The molecule has 0 spiro atoms. The Morgan fingerprint density at radius 1 is 1.22 bits per heavy atom. The predicted molar refractivity (Wildman–Crippen MR) is 131 cm³/mol. The number of aromatic nitrogens is 3. The second-order valence-corrected chi connectivity index (χ2v) is 8.54. The zero-order chi connectivity index (χ0) is 25.1. The molecule has 182 valence electrons. The van der Waals surface area contributed by atoms with Crippen molar-refractivity contribution in [1.82, 2.24) is 29.7 Å². The first-order valence-electron chi connectivity index (χ1n) is 11.6. The Hall–Kier alpha value is -4.61. The number of pyridine rings is 2. The average Bonchev–Trinajstić information content (AvgIpc) is 3.53. The van der Waals surface area contributed by atoms with E-state index in [0.29, 0.717) is 69.4 Å². The van der Waals surface area contributed by atoms with Gasteiger partial charge in [-0.1, -0.05) is 0 Å². The van der Waals surface area contributed by atoms with E-state index in [4.69, 9.17) is 11.2 Å². The molecule has 0 saturated carbocycles. The van der Waals surface area contributed by atoms with E-state index in [9.17, 15) is 14.9 Å². The van der Waals surface area contributed by atoms with E-state index in [-0.39, 0.29) is 11.8 Å². The second kappa shape index (κ2) is 9.94. The van der Waals surface area contributed by atoms with Gasteiger partial charge in [0.25, 0.3) is 5.91 Å². The fraction of sp³-hybridized carbons (Fsp3) is 0.320. The largest absolute Gasteiger partial charge is 0.491 e. The van der Waals surface area contributed by atoms with E-state index >= 15 is 0 Å². The van der Waals surface area contributed by atoms with Crippen molar-refractivity contribution in [3.05, 3.63) is 42.4 Å². The molecule has 1 N–H and O–H groups in total. The Balaban J connectivity index is 1.35. The number of carbonyl (C=O) groups excluding carboxylic acids is 2. The Morgan fingerprint density at radius 2 is 2.06 bits per heavy atom. The highest BCUT2D eigenvalue weighted by Crippen LogP contribution is 2.31. The molecule has 36 heavy (non-hydrogen) atoms. The average molecular weight is 485 g/mol. The van der Waals surface area contributed by atoms with Gasteiger partial charge in [0.15, 0.2) is 0 Å². The van der Waals surface area contributed by atoms with Crippen molar-refractivity contribution in [3.8, 4) is 35.3 Å². The molecule has 0 atom stereocenters. The van der Waals surface area contributed by atoms with E-state index < -0.39 is 0 Å². The second-order valence-electron chi connectivity index (χ2n) is 8.54. The Morgan fingerprint density at radius 3 is 2.72 bits per heavy atom. The molecule has 0 radical (unpaired) electrons. The van der Waals surface area contributed by atoms with Gasteiger partial charge in [-0.15, -0.1) is 6.42 Å². The molecule has 0 unspecified atom stereocenters. The summed E-state index contributed by atoms with van der Waals surface area (Å²) in [7, 11) is 0. The molecule has 3 aromatic heterocycles. The van der Waals surface area contributed by atoms with E-state index in [2.05, 4.69) is 32.3 Å². The summed E-state index contributed by atoms with van der Waals surface area (Å²) in [6, 6.07) is 7.96. The molecule has 2 saturated heterocycles. The lowest BCUT2D eigenvalue weighted by atomic mass is 10.1. The van der Waals surface area contributed by atoms with Crippen LogP contribution in [-0.2, 0) is 9.59 Å². The van der Waals surface area contributed by atoms with Crippen LogP contribution in [0.5, 0.6) is 5.75 Å². The minimum Gasteiger partial charge on any atom is -0.491 e. The number of carbonyl (C=O) groups is 2. The summed E-state index contributed by atoms with van der Waals surface area (Å²) < 4.78 is 7.61. The van der Waals surface area contributed by atoms with Gasteiger partial charge in [-0.3, -0.25) is 14.5 Å². The molecule has 0 aliphatic carbocycles. The van der Waals surface area contributed by atoms with Crippen molar-refractivity contribution >= 4 is 23.1 Å². The van der Waals surface area contributed by atoms with Gasteiger partial charge in [0.1, 0.15) is 24.2 Å². The monoisotopic (exact) mass is 484 g/mol. The van der Waals surface area contributed by atoms with Gasteiger partial charge in [-0.2, -0.15) is 10.4 Å². The van der Waals surface area contributed by atoms with Crippen molar-refractivity contribution in [2.45, 2.75) is 0 Å². The minimum absolute atomic E-state index is 0.0122. The van der Waals surface area contributed by atoms with Crippen LogP contribution in [-0.4, -0.2) is 88.8 Å². The van der Waals surface area contributed by atoms with Gasteiger partial charge in [0, 0.05) is 50.0 Å². The normalized spacial score (nSPS) is 16.0. The number of nitrogens with zero attached hydrogens (tertiary/aromatic N) is 7. The molecule has 11 heteroatoms. The summed E-state index contributed by atoms with van der Waals surface area (Å²) in [5.41, 5.74) is 2.73. The third-order valence-corrected chi connectivity index (χ3v) is 6.32. The molecule has 0 bridgehead atoms. The highest BCUT2D eigenvalue weighted by atomic mass is 16.5. The molecule has 2 aliphatic heterocycles. The van der Waals surface area contributed by atoms with E-state index in [0.717, 1.165) is 16.9 Å². The highest BCUT2D eigenvalue weighted by molar-refractivity contribution is 5.93. The topological polar surface area (TPSA) is 119 Å². The number of rotatable bonds is 6. The SMILES string of the molecule is C#CC(=O)N1CCN(c2ccc(-c3cc(OCCN4CNC(=O)C4)cn4ncc(C#N)c34)cn2)CC1. The summed E-state index contributed by atoms with van der Waals surface area (Å²) in [6.07, 6.45) is 10.3. The van der Waals surface area contributed by atoms with Crippen LogP contribution in [0.15, 0.2) is 36.8 Å². The molecular formula is C25H24N8O3. The summed E-state index contributed by atoms with van der Waals surface area (Å²) in [6.45, 7) is 4.28. The molecule has 2 amide bonds.